The summed E-state index contributed by atoms with van der Waals surface area (Å²) in [4.78, 5) is 33.0. The average Bonchev–Trinajstić information content (AvgIpc) is 3.35. The number of aromatic nitrogens is 3. The van der Waals surface area contributed by atoms with E-state index in [0.717, 1.165) is 40.7 Å². The van der Waals surface area contributed by atoms with E-state index < -0.39 is 0 Å². The highest BCUT2D eigenvalue weighted by Gasteiger charge is 2.25. The van der Waals surface area contributed by atoms with Gasteiger partial charge in [0, 0.05) is 10.9 Å². The minimum absolute atomic E-state index is 0.0676. The maximum absolute atomic E-state index is 13.7. The monoisotopic (exact) mass is 466 g/mol. The van der Waals surface area contributed by atoms with Crippen molar-refractivity contribution < 1.29 is 9.32 Å². The van der Waals surface area contributed by atoms with Gasteiger partial charge in [-0.1, -0.05) is 42.0 Å². The highest BCUT2D eigenvalue weighted by molar-refractivity contribution is 7.99. The van der Waals surface area contributed by atoms with Crippen LogP contribution in [0.5, 0.6) is 0 Å². The minimum atomic E-state index is -0.251. The second-order valence-corrected chi connectivity index (χ2v) is 10.1. The van der Waals surface area contributed by atoms with Gasteiger partial charge < -0.3 is 4.52 Å². The first-order chi connectivity index (χ1) is 15.5. The number of carbonyl (C=O) groups excluding carboxylic acids is 1. The molecule has 3 aromatic heterocycles. The first kappa shape index (κ1) is 21.0. The largest absolute Gasteiger partial charge is 0.338 e. The lowest BCUT2D eigenvalue weighted by atomic mass is 9.89. The van der Waals surface area contributed by atoms with Gasteiger partial charge in [0.25, 0.3) is 5.56 Å². The Bertz CT molecular complexity index is 1360. The molecule has 0 spiro atoms. The quantitative estimate of drug-likeness (QED) is 0.342. The molecule has 3 heterocycles. The molecule has 4 aromatic rings. The Hall–Kier alpha value is -2.91. The van der Waals surface area contributed by atoms with Gasteiger partial charge in [0.05, 0.1) is 22.5 Å². The SMILES string of the molecule is Cc1cc(NC(=O)CSc2nc3sc4c(c3c(=O)n2-c2ccccc2)CCC(C)C4)on1. The fourth-order valence-electron chi connectivity index (χ4n) is 4.00. The normalized spacial score (nSPS) is 15.6. The van der Waals surface area contributed by atoms with E-state index in [2.05, 4.69) is 17.4 Å². The molecule has 1 aliphatic rings. The van der Waals surface area contributed by atoms with E-state index in [-0.39, 0.29) is 17.2 Å². The summed E-state index contributed by atoms with van der Waals surface area (Å²) in [7, 11) is 0. The predicted octanol–water partition coefficient (Wildman–Crippen LogP) is 4.60. The van der Waals surface area contributed by atoms with E-state index in [1.54, 1.807) is 28.9 Å². The summed E-state index contributed by atoms with van der Waals surface area (Å²) in [5.41, 5.74) is 2.51. The highest BCUT2D eigenvalue weighted by Crippen LogP contribution is 2.37. The number of nitrogens with zero attached hydrogens (tertiary/aromatic N) is 3. The Kier molecular flexibility index (Phi) is 5.60. The Balaban J connectivity index is 1.53. The molecular weight excluding hydrogens is 444 g/mol. The molecule has 5 rings (SSSR count). The zero-order valence-electron chi connectivity index (χ0n) is 17.8. The molecule has 0 saturated heterocycles. The summed E-state index contributed by atoms with van der Waals surface area (Å²) in [6.07, 6.45) is 2.98. The molecule has 1 unspecified atom stereocenters. The molecule has 1 aliphatic carbocycles. The molecule has 1 N–H and O–H groups in total. The predicted molar refractivity (Wildman–Crippen MR) is 127 cm³/mol. The fourth-order valence-corrected chi connectivity index (χ4v) is 6.24. The second-order valence-electron chi connectivity index (χ2n) is 8.07. The molecule has 0 bridgehead atoms. The molecule has 0 aliphatic heterocycles. The number of thioether (sulfide) groups is 1. The van der Waals surface area contributed by atoms with Crippen LogP contribution in [0.15, 0.2) is 50.9 Å². The molecule has 1 amide bonds. The van der Waals surface area contributed by atoms with E-state index in [1.165, 1.54) is 16.6 Å². The van der Waals surface area contributed by atoms with Gasteiger partial charge in [0.1, 0.15) is 4.83 Å². The zero-order valence-corrected chi connectivity index (χ0v) is 19.4. The van der Waals surface area contributed by atoms with Crippen molar-refractivity contribution in [2.75, 3.05) is 11.1 Å². The number of hydrogen-bond acceptors (Lipinski definition) is 7. The van der Waals surface area contributed by atoms with Crippen molar-refractivity contribution in [3.05, 3.63) is 62.9 Å². The average molecular weight is 467 g/mol. The number of thiophene rings is 1. The standard InChI is InChI=1S/C23H22N4O3S2/c1-13-8-9-16-17(10-13)32-21-20(16)22(29)27(15-6-4-3-5-7-15)23(25-21)31-12-18(28)24-19-11-14(2)26-30-19/h3-7,11,13H,8-10,12H2,1-2H3,(H,24,28). The van der Waals surface area contributed by atoms with Crippen LogP contribution < -0.4 is 10.9 Å². The number of nitrogens with one attached hydrogen (secondary N) is 1. The van der Waals surface area contributed by atoms with Crippen molar-refractivity contribution in [3.8, 4) is 5.69 Å². The molecule has 7 nitrogen and oxygen atoms in total. The number of amides is 1. The number of aryl methyl sites for hydroxylation is 2. The summed E-state index contributed by atoms with van der Waals surface area (Å²) in [5, 5.41) is 7.69. The first-order valence-corrected chi connectivity index (χ1v) is 12.3. The lowest BCUT2D eigenvalue weighted by molar-refractivity contribution is -0.113. The number of para-hydroxylation sites is 1. The van der Waals surface area contributed by atoms with Crippen LogP contribution in [0, 0.1) is 12.8 Å². The van der Waals surface area contributed by atoms with E-state index in [0.29, 0.717) is 22.7 Å². The van der Waals surface area contributed by atoms with Crippen molar-refractivity contribution in [3.63, 3.8) is 0 Å². The van der Waals surface area contributed by atoms with Gasteiger partial charge in [-0.25, -0.2) is 4.98 Å². The molecule has 0 fully saturated rings. The number of rotatable bonds is 5. The van der Waals surface area contributed by atoms with Crippen LogP contribution in [-0.4, -0.2) is 26.4 Å². The third-order valence-electron chi connectivity index (χ3n) is 5.54. The molecular formula is C23H22N4O3S2. The first-order valence-electron chi connectivity index (χ1n) is 10.5. The van der Waals surface area contributed by atoms with E-state index in [1.807, 2.05) is 30.3 Å². The van der Waals surface area contributed by atoms with Crippen molar-refractivity contribution in [2.45, 2.75) is 38.3 Å². The van der Waals surface area contributed by atoms with Gasteiger partial charge in [-0.05, 0) is 49.8 Å². The maximum atomic E-state index is 13.7. The molecule has 0 saturated carbocycles. The van der Waals surface area contributed by atoms with Crippen molar-refractivity contribution in [1.29, 1.82) is 0 Å². The second kappa shape index (κ2) is 8.55. The van der Waals surface area contributed by atoms with E-state index >= 15 is 0 Å². The summed E-state index contributed by atoms with van der Waals surface area (Å²) in [6, 6.07) is 11.1. The third kappa shape index (κ3) is 3.98. The molecule has 32 heavy (non-hydrogen) atoms. The van der Waals surface area contributed by atoms with Crippen LogP contribution in [0.3, 0.4) is 0 Å². The Morgan fingerprint density at radius 3 is 2.91 bits per heavy atom. The van der Waals surface area contributed by atoms with Gasteiger partial charge >= 0.3 is 0 Å². The van der Waals surface area contributed by atoms with Crippen molar-refractivity contribution in [1.82, 2.24) is 14.7 Å². The van der Waals surface area contributed by atoms with Crippen LogP contribution in [0.1, 0.15) is 29.5 Å². The lowest BCUT2D eigenvalue weighted by Crippen LogP contribution is -2.23. The van der Waals surface area contributed by atoms with E-state index in [9.17, 15) is 9.59 Å². The fraction of sp³-hybridized carbons (Fsp3) is 0.304. The molecule has 9 heteroatoms. The lowest BCUT2D eigenvalue weighted by Gasteiger charge is -2.17. The maximum Gasteiger partial charge on any atom is 0.267 e. The minimum Gasteiger partial charge on any atom is -0.338 e. The van der Waals surface area contributed by atoms with Gasteiger partial charge in [0.2, 0.25) is 11.8 Å². The molecule has 164 valence electrons. The number of fused-ring (bicyclic) bond motifs is 3. The smallest absolute Gasteiger partial charge is 0.267 e. The third-order valence-corrected chi connectivity index (χ3v) is 7.62. The van der Waals surface area contributed by atoms with Gasteiger partial charge in [-0.3, -0.25) is 19.5 Å². The van der Waals surface area contributed by atoms with Crippen LogP contribution in [0.25, 0.3) is 15.9 Å². The topological polar surface area (TPSA) is 90.0 Å². The number of carbonyl (C=O) groups is 1. The summed E-state index contributed by atoms with van der Waals surface area (Å²) in [6.45, 7) is 4.03. The molecule has 1 atom stereocenters. The van der Waals surface area contributed by atoms with Gasteiger partial charge in [-0.15, -0.1) is 11.3 Å². The van der Waals surface area contributed by atoms with Crippen LogP contribution >= 0.6 is 23.1 Å². The summed E-state index contributed by atoms with van der Waals surface area (Å²) in [5.74, 6) is 0.757. The van der Waals surface area contributed by atoms with Crippen molar-refractivity contribution in [2.24, 2.45) is 5.92 Å². The van der Waals surface area contributed by atoms with Gasteiger partial charge in [-0.2, -0.15) is 0 Å². The van der Waals surface area contributed by atoms with Crippen molar-refractivity contribution >= 4 is 45.1 Å². The van der Waals surface area contributed by atoms with E-state index in [4.69, 9.17) is 9.51 Å². The number of anilines is 1. The Morgan fingerprint density at radius 2 is 2.16 bits per heavy atom. The molecule has 1 aromatic carbocycles. The summed E-state index contributed by atoms with van der Waals surface area (Å²) < 4.78 is 6.68. The van der Waals surface area contributed by atoms with Crippen LogP contribution in [0.4, 0.5) is 5.88 Å². The van der Waals surface area contributed by atoms with Crippen LogP contribution in [-0.2, 0) is 17.6 Å². The van der Waals surface area contributed by atoms with Gasteiger partial charge in [0.15, 0.2) is 5.16 Å². The summed E-state index contributed by atoms with van der Waals surface area (Å²) >= 11 is 2.85. The Morgan fingerprint density at radius 1 is 1.34 bits per heavy atom. The zero-order chi connectivity index (χ0) is 22.2. The van der Waals surface area contributed by atoms with Crippen LogP contribution in [0.2, 0.25) is 0 Å². The Labute approximate surface area is 192 Å². The highest BCUT2D eigenvalue weighted by atomic mass is 32.2. The number of benzene rings is 1. The molecule has 0 radical (unpaired) electrons. The number of hydrogen-bond donors (Lipinski definition) is 1.